The molecule has 0 atom stereocenters. The van der Waals surface area contributed by atoms with E-state index < -0.39 is 35.0 Å². The first-order chi connectivity index (χ1) is 8.90. The average molecular weight is 296 g/mol. The van der Waals surface area contributed by atoms with Gasteiger partial charge in [0.25, 0.3) is 0 Å². The molecule has 19 heavy (non-hydrogen) atoms. The maximum Gasteiger partial charge on any atom is 0.388 e. The molecule has 0 aromatic carbocycles. The van der Waals surface area contributed by atoms with Crippen LogP contribution in [0, 0.1) is 0 Å². The van der Waals surface area contributed by atoms with E-state index in [1.54, 1.807) is 0 Å². The minimum absolute atomic E-state index is 0.177. The van der Waals surface area contributed by atoms with E-state index >= 15 is 0 Å². The van der Waals surface area contributed by atoms with Gasteiger partial charge in [-0.2, -0.15) is 27.2 Å². The Bertz CT molecular complexity index is 598. The van der Waals surface area contributed by atoms with E-state index in [4.69, 9.17) is 0 Å². The Morgan fingerprint density at radius 3 is 2.58 bits per heavy atom. The third-order valence-corrected chi connectivity index (χ3v) is 1.79. The zero-order chi connectivity index (χ0) is 14.4. The molecule has 1 aromatic rings. The van der Waals surface area contributed by atoms with E-state index in [0.29, 0.717) is 0 Å². The molecule has 12 heteroatoms. The van der Waals surface area contributed by atoms with Gasteiger partial charge in [0, 0.05) is 0 Å². The number of hydrogen-bond donors (Lipinski definition) is 1. The van der Waals surface area contributed by atoms with Crippen LogP contribution in [-0.2, 0) is 10.5 Å². The highest BCUT2D eigenvalue weighted by Gasteiger charge is 2.12. The standard InChI is InChI=1S/C7H6F2N4O5S/c1-17-3-2-4(18-5(8)9)11-6(10-3)12-7(14)13-19(15)16/h2,5H,1H3,(H,10,11,12,14). The fraction of sp³-hybridized carbons (Fsp3) is 0.286. The van der Waals surface area contributed by atoms with Crippen LogP contribution in [-0.4, -0.2) is 38.1 Å². The summed E-state index contributed by atoms with van der Waals surface area (Å²) in [5.74, 6) is -1.25. The van der Waals surface area contributed by atoms with Crippen molar-refractivity contribution in [3.8, 4) is 11.8 Å². The van der Waals surface area contributed by atoms with Crippen LogP contribution in [0.25, 0.3) is 0 Å². The van der Waals surface area contributed by atoms with Crippen LogP contribution in [0.3, 0.4) is 0 Å². The second-order valence-corrected chi connectivity index (χ2v) is 3.31. The Balaban J connectivity index is 2.99. The Kier molecular flexibility index (Phi) is 5.05. The molecule has 0 aliphatic heterocycles. The number of hydrogen-bond acceptors (Lipinski definition) is 7. The van der Waals surface area contributed by atoms with Crippen LogP contribution in [0.15, 0.2) is 10.4 Å². The van der Waals surface area contributed by atoms with Gasteiger partial charge >= 0.3 is 23.1 Å². The molecule has 0 radical (unpaired) electrons. The third-order valence-electron chi connectivity index (χ3n) is 1.47. The van der Waals surface area contributed by atoms with Crippen molar-refractivity contribution < 1.29 is 31.5 Å². The zero-order valence-corrected chi connectivity index (χ0v) is 10.0. The van der Waals surface area contributed by atoms with Crippen molar-refractivity contribution in [3.63, 3.8) is 0 Å². The first kappa shape index (κ1) is 14.7. The molecular weight excluding hydrogens is 290 g/mol. The summed E-state index contributed by atoms with van der Waals surface area (Å²) in [6, 6.07) is -0.352. The van der Waals surface area contributed by atoms with Crippen molar-refractivity contribution >= 4 is 22.5 Å². The van der Waals surface area contributed by atoms with Crippen LogP contribution >= 0.6 is 0 Å². The summed E-state index contributed by atoms with van der Waals surface area (Å²) in [5.41, 5.74) is 0. The zero-order valence-electron chi connectivity index (χ0n) is 9.20. The minimum atomic E-state index is -3.14. The van der Waals surface area contributed by atoms with Crippen LogP contribution in [0.1, 0.15) is 0 Å². The molecule has 0 saturated heterocycles. The number of carbonyl (C=O) groups excluding carboxylic acids is 1. The van der Waals surface area contributed by atoms with Gasteiger partial charge in [-0.3, -0.25) is 5.32 Å². The molecule has 0 aliphatic rings. The molecule has 1 rings (SSSR count). The van der Waals surface area contributed by atoms with Gasteiger partial charge in [0.15, 0.2) is 0 Å². The van der Waals surface area contributed by atoms with E-state index in [1.807, 2.05) is 5.32 Å². The lowest BCUT2D eigenvalue weighted by atomic mass is 10.6. The molecule has 0 bridgehead atoms. The predicted molar refractivity (Wildman–Crippen MR) is 55.6 cm³/mol. The van der Waals surface area contributed by atoms with Gasteiger partial charge < -0.3 is 9.47 Å². The van der Waals surface area contributed by atoms with Gasteiger partial charge in [-0.25, -0.2) is 4.79 Å². The minimum Gasteiger partial charge on any atom is -0.481 e. The number of nitrogens with zero attached hydrogens (tertiary/aromatic N) is 3. The summed E-state index contributed by atoms with van der Waals surface area (Å²) in [5, 5.41) is 1.84. The molecule has 0 fully saturated rings. The van der Waals surface area contributed by atoms with Crippen molar-refractivity contribution in [1.82, 2.24) is 9.97 Å². The lowest BCUT2D eigenvalue weighted by molar-refractivity contribution is -0.0529. The number of nitrogens with one attached hydrogen (secondary N) is 1. The third kappa shape index (κ3) is 5.20. The van der Waals surface area contributed by atoms with Gasteiger partial charge in [-0.15, -0.1) is 0 Å². The highest BCUT2D eigenvalue weighted by molar-refractivity contribution is 7.62. The summed E-state index contributed by atoms with van der Waals surface area (Å²) in [6.07, 6.45) is 0. The van der Waals surface area contributed by atoms with Crippen LogP contribution in [0.2, 0.25) is 0 Å². The number of rotatable bonds is 4. The molecule has 0 aliphatic carbocycles. The van der Waals surface area contributed by atoms with Crippen LogP contribution in [0.5, 0.6) is 11.8 Å². The number of halogens is 2. The highest BCUT2D eigenvalue weighted by atomic mass is 32.2. The Labute approximate surface area is 106 Å². The number of methoxy groups -OCH3 is 1. The van der Waals surface area contributed by atoms with Crippen LogP contribution in [0.4, 0.5) is 19.5 Å². The van der Waals surface area contributed by atoms with E-state index in [1.165, 1.54) is 7.11 Å². The predicted octanol–water partition coefficient (Wildman–Crippen LogP) is 0.681. The van der Waals surface area contributed by atoms with E-state index in [9.17, 15) is 22.0 Å². The Morgan fingerprint density at radius 2 is 2.05 bits per heavy atom. The van der Waals surface area contributed by atoms with Gasteiger partial charge in [0.2, 0.25) is 17.7 Å². The maximum atomic E-state index is 12.0. The van der Waals surface area contributed by atoms with Gasteiger partial charge in [0.1, 0.15) is 0 Å². The molecule has 9 nitrogen and oxygen atoms in total. The number of urea groups is 1. The monoisotopic (exact) mass is 296 g/mol. The molecular formula is C7H6F2N4O5S. The number of anilines is 1. The topological polar surface area (TPSA) is 120 Å². The normalized spacial score (nSPS) is 9.89. The highest BCUT2D eigenvalue weighted by Crippen LogP contribution is 2.19. The number of aromatic nitrogens is 2. The lowest BCUT2D eigenvalue weighted by Crippen LogP contribution is -2.11. The fourth-order valence-corrected chi connectivity index (χ4v) is 1.08. The van der Waals surface area contributed by atoms with Crippen molar-refractivity contribution in [2.45, 2.75) is 6.61 Å². The summed E-state index contributed by atoms with van der Waals surface area (Å²) in [7, 11) is -1.77. The SMILES string of the molecule is COc1cc(OC(F)F)nc(NC(=O)N=S(=O)=O)n1. The second kappa shape index (κ2) is 6.53. The molecule has 0 unspecified atom stereocenters. The Hall–Kier alpha value is -2.37. The summed E-state index contributed by atoms with van der Waals surface area (Å²) in [6.45, 7) is -3.14. The summed E-state index contributed by atoms with van der Waals surface area (Å²) in [4.78, 5) is 17.9. The molecule has 1 aromatic heterocycles. The number of amides is 2. The average Bonchev–Trinajstić information content (AvgIpc) is 2.26. The molecule has 1 heterocycles. The first-order valence-corrected chi connectivity index (χ1v) is 5.44. The molecule has 104 valence electrons. The van der Waals surface area contributed by atoms with E-state index in [0.717, 1.165) is 6.07 Å². The maximum absolute atomic E-state index is 12.0. The Morgan fingerprint density at radius 1 is 1.42 bits per heavy atom. The van der Waals surface area contributed by atoms with Crippen molar-refractivity contribution in [1.29, 1.82) is 0 Å². The van der Waals surface area contributed by atoms with E-state index in [2.05, 4.69) is 23.8 Å². The van der Waals surface area contributed by atoms with E-state index in [-0.39, 0.29) is 5.88 Å². The summed E-state index contributed by atoms with van der Waals surface area (Å²) < 4.78 is 55.5. The molecule has 1 N–H and O–H groups in total. The van der Waals surface area contributed by atoms with Crippen molar-refractivity contribution in [3.05, 3.63) is 6.07 Å². The number of carbonyl (C=O) groups is 1. The number of alkyl halides is 2. The molecule has 0 saturated carbocycles. The van der Waals surface area contributed by atoms with Gasteiger partial charge in [-0.1, -0.05) is 4.36 Å². The smallest absolute Gasteiger partial charge is 0.388 e. The largest absolute Gasteiger partial charge is 0.481 e. The van der Waals surface area contributed by atoms with Crippen molar-refractivity contribution in [2.75, 3.05) is 12.4 Å². The quantitative estimate of drug-likeness (QED) is 0.867. The second-order valence-electron chi connectivity index (χ2n) is 2.69. The van der Waals surface area contributed by atoms with Crippen LogP contribution < -0.4 is 14.8 Å². The number of ether oxygens (including phenoxy) is 2. The van der Waals surface area contributed by atoms with Gasteiger partial charge in [0.05, 0.1) is 13.2 Å². The van der Waals surface area contributed by atoms with Crippen molar-refractivity contribution in [2.24, 2.45) is 4.36 Å². The van der Waals surface area contributed by atoms with Gasteiger partial charge in [-0.05, 0) is 0 Å². The molecule has 2 amide bonds. The first-order valence-electron chi connectivity index (χ1n) is 4.40. The molecule has 0 spiro atoms. The fourth-order valence-electron chi connectivity index (χ4n) is 0.902. The lowest BCUT2D eigenvalue weighted by Gasteiger charge is -2.07. The summed E-state index contributed by atoms with van der Waals surface area (Å²) >= 11 is 0.